The van der Waals surface area contributed by atoms with Crippen LogP contribution in [0.4, 0.5) is 0 Å². The van der Waals surface area contributed by atoms with Crippen molar-refractivity contribution in [3.05, 3.63) is 11.6 Å². The first-order valence-corrected chi connectivity index (χ1v) is 8.40. The van der Waals surface area contributed by atoms with Gasteiger partial charge >= 0.3 is 0 Å². The number of carbonyl (C=O) groups excluding carboxylic acids is 2. The highest BCUT2D eigenvalue weighted by atomic mass is 35.5. The molecular weight excluding hydrogens is 288 g/mol. The second kappa shape index (κ2) is 6.39. The highest BCUT2D eigenvalue weighted by Crippen LogP contribution is 2.40. The zero-order valence-electron chi connectivity index (χ0n) is 13.0. The van der Waals surface area contributed by atoms with E-state index in [-0.39, 0.29) is 11.8 Å². The van der Waals surface area contributed by atoms with Crippen molar-refractivity contribution in [2.24, 2.45) is 0 Å². The summed E-state index contributed by atoms with van der Waals surface area (Å²) >= 11 is 5.65. The number of amides is 2. The maximum absolute atomic E-state index is 13.1. The number of hydrogen-bond donors (Lipinski definition) is 1. The van der Waals surface area contributed by atoms with Crippen molar-refractivity contribution in [2.75, 3.05) is 6.54 Å². The van der Waals surface area contributed by atoms with Crippen LogP contribution in [0.2, 0.25) is 0 Å². The molecule has 1 N–H and O–H groups in total. The van der Waals surface area contributed by atoms with Gasteiger partial charge in [0.2, 0.25) is 11.8 Å². The minimum atomic E-state index is -0.750. The smallest absolute Gasteiger partial charge is 0.249 e. The highest BCUT2D eigenvalue weighted by Gasteiger charge is 2.56. The molecule has 2 rings (SSSR count). The first-order valence-electron chi connectivity index (χ1n) is 7.96. The average Bonchev–Trinajstić information content (AvgIpc) is 2.52. The lowest BCUT2D eigenvalue weighted by atomic mass is 9.74. The second-order valence-corrected chi connectivity index (χ2v) is 6.37. The van der Waals surface area contributed by atoms with Gasteiger partial charge in [-0.05, 0) is 25.7 Å². The van der Waals surface area contributed by atoms with Gasteiger partial charge in [0, 0.05) is 12.1 Å². The van der Waals surface area contributed by atoms with E-state index in [2.05, 4.69) is 5.32 Å². The SMILES string of the molecule is CCC1(CC)NC(=O)C2(CCCCC2)N(C/C=C/Cl)C1=O. The molecular formula is C16H25ClN2O2. The number of piperazine rings is 1. The molecule has 0 bridgehead atoms. The topological polar surface area (TPSA) is 49.4 Å². The number of nitrogens with zero attached hydrogens (tertiary/aromatic N) is 1. The zero-order chi connectivity index (χ0) is 15.5. The Morgan fingerprint density at radius 1 is 1.19 bits per heavy atom. The summed E-state index contributed by atoms with van der Waals surface area (Å²) in [4.78, 5) is 27.7. The van der Waals surface area contributed by atoms with Crippen LogP contribution in [0.1, 0.15) is 58.8 Å². The summed E-state index contributed by atoms with van der Waals surface area (Å²) in [5.41, 5.74) is 0.00932. The van der Waals surface area contributed by atoms with Crippen LogP contribution in [-0.4, -0.2) is 34.3 Å². The summed E-state index contributed by atoms with van der Waals surface area (Å²) in [5.74, 6) is 0.0669. The summed E-state index contributed by atoms with van der Waals surface area (Å²) < 4.78 is 0. The van der Waals surface area contributed by atoms with Crippen molar-refractivity contribution in [1.82, 2.24) is 10.2 Å². The monoisotopic (exact) mass is 312 g/mol. The Morgan fingerprint density at radius 3 is 2.33 bits per heavy atom. The third-order valence-electron chi connectivity index (χ3n) is 5.21. The van der Waals surface area contributed by atoms with Gasteiger partial charge in [-0.25, -0.2) is 0 Å². The van der Waals surface area contributed by atoms with Crippen LogP contribution < -0.4 is 5.32 Å². The molecule has 5 heteroatoms. The van der Waals surface area contributed by atoms with Crippen molar-refractivity contribution in [1.29, 1.82) is 0 Å². The van der Waals surface area contributed by atoms with E-state index in [4.69, 9.17) is 11.6 Å². The van der Waals surface area contributed by atoms with Gasteiger partial charge in [-0.3, -0.25) is 9.59 Å². The Morgan fingerprint density at radius 2 is 1.81 bits per heavy atom. The van der Waals surface area contributed by atoms with Crippen LogP contribution in [0, 0.1) is 0 Å². The molecule has 4 nitrogen and oxygen atoms in total. The van der Waals surface area contributed by atoms with Crippen molar-refractivity contribution >= 4 is 23.4 Å². The molecule has 2 fully saturated rings. The fraction of sp³-hybridized carbons (Fsp3) is 0.750. The van der Waals surface area contributed by atoms with E-state index in [9.17, 15) is 9.59 Å². The van der Waals surface area contributed by atoms with Crippen LogP contribution in [0.25, 0.3) is 0 Å². The van der Waals surface area contributed by atoms with E-state index in [0.29, 0.717) is 19.4 Å². The maximum atomic E-state index is 13.1. The van der Waals surface area contributed by atoms with E-state index in [1.54, 1.807) is 11.0 Å². The number of hydrogen-bond acceptors (Lipinski definition) is 2. The first kappa shape index (κ1) is 16.3. The van der Waals surface area contributed by atoms with Gasteiger partial charge in [-0.2, -0.15) is 0 Å². The number of halogens is 1. The van der Waals surface area contributed by atoms with Gasteiger partial charge in [0.05, 0.1) is 0 Å². The fourth-order valence-corrected chi connectivity index (χ4v) is 3.81. The van der Waals surface area contributed by atoms with Crippen LogP contribution in [-0.2, 0) is 9.59 Å². The van der Waals surface area contributed by atoms with E-state index < -0.39 is 11.1 Å². The van der Waals surface area contributed by atoms with Crippen LogP contribution in [0.3, 0.4) is 0 Å². The molecule has 1 spiro atoms. The molecule has 2 aliphatic rings. The molecule has 0 aromatic rings. The van der Waals surface area contributed by atoms with Crippen LogP contribution >= 0.6 is 11.6 Å². The molecule has 0 radical (unpaired) electrons. The first-order chi connectivity index (χ1) is 10.1. The largest absolute Gasteiger partial charge is 0.340 e. The molecule has 1 aliphatic heterocycles. The number of nitrogens with one attached hydrogen (secondary N) is 1. The molecule has 1 saturated carbocycles. The summed E-state index contributed by atoms with van der Waals surface area (Å²) in [6.45, 7) is 4.32. The van der Waals surface area contributed by atoms with Crippen molar-refractivity contribution in [2.45, 2.75) is 69.9 Å². The summed E-state index contributed by atoms with van der Waals surface area (Å²) in [7, 11) is 0. The zero-order valence-corrected chi connectivity index (χ0v) is 13.7. The van der Waals surface area contributed by atoms with E-state index in [1.807, 2.05) is 13.8 Å². The predicted molar refractivity (Wildman–Crippen MR) is 84.0 cm³/mol. The Labute approximate surface area is 131 Å². The molecule has 1 aliphatic carbocycles. The van der Waals surface area contributed by atoms with Crippen molar-refractivity contribution in [3.8, 4) is 0 Å². The van der Waals surface area contributed by atoms with Gasteiger partial charge in [-0.1, -0.05) is 50.8 Å². The van der Waals surface area contributed by atoms with Crippen molar-refractivity contribution < 1.29 is 9.59 Å². The van der Waals surface area contributed by atoms with Crippen molar-refractivity contribution in [3.63, 3.8) is 0 Å². The molecule has 0 unspecified atom stereocenters. The fourth-order valence-electron chi connectivity index (χ4n) is 3.73. The third kappa shape index (κ3) is 2.59. The van der Waals surface area contributed by atoms with Crippen LogP contribution in [0.5, 0.6) is 0 Å². The summed E-state index contributed by atoms with van der Waals surface area (Å²) in [5, 5.41) is 3.06. The Balaban J connectivity index is 2.41. The third-order valence-corrected chi connectivity index (χ3v) is 5.39. The maximum Gasteiger partial charge on any atom is 0.249 e. The highest BCUT2D eigenvalue weighted by molar-refractivity contribution is 6.25. The van der Waals surface area contributed by atoms with Gasteiger partial charge in [0.25, 0.3) is 0 Å². The molecule has 2 amide bonds. The lowest BCUT2D eigenvalue weighted by Gasteiger charge is -2.53. The molecule has 0 aromatic heterocycles. The molecule has 0 atom stereocenters. The minimum absolute atomic E-state index is 0.0217. The molecule has 118 valence electrons. The number of rotatable bonds is 4. The lowest BCUT2D eigenvalue weighted by Crippen LogP contribution is -2.75. The quantitative estimate of drug-likeness (QED) is 0.867. The second-order valence-electron chi connectivity index (χ2n) is 6.11. The Kier molecular flexibility index (Phi) is 4.97. The van der Waals surface area contributed by atoms with Gasteiger partial charge < -0.3 is 10.2 Å². The van der Waals surface area contributed by atoms with E-state index >= 15 is 0 Å². The minimum Gasteiger partial charge on any atom is -0.340 e. The Bertz CT molecular complexity index is 438. The van der Waals surface area contributed by atoms with Gasteiger partial charge in [0.15, 0.2) is 0 Å². The molecule has 1 heterocycles. The molecule has 0 aromatic carbocycles. The molecule has 1 saturated heterocycles. The predicted octanol–water partition coefficient (Wildman–Crippen LogP) is 2.96. The van der Waals surface area contributed by atoms with Gasteiger partial charge in [0.1, 0.15) is 11.1 Å². The molecule has 21 heavy (non-hydrogen) atoms. The van der Waals surface area contributed by atoms with E-state index in [0.717, 1.165) is 32.1 Å². The normalized spacial score (nSPS) is 24.6. The van der Waals surface area contributed by atoms with Crippen LogP contribution in [0.15, 0.2) is 11.6 Å². The number of carbonyl (C=O) groups is 2. The Hall–Kier alpha value is -1.03. The summed E-state index contributed by atoms with van der Waals surface area (Å²) in [6.07, 6.45) is 7.62. The van der Waals surface area contributed by atoms with E-state index in [1.165, 1.54) is 5.54 Å². The lowest BCUT2D eigenvalue weighted by molar-refractivity contribution is -0.165. The summed E-state index contributed by atoms with van der Waals surface area (Å²) in [6, 6.07) is 0. The standard InChI is InChI=1S/C16H25ClN2O2/c1-3-15(4-2)14(21)19(12-8-11-17)16(13(20)18-15)9-6-5-7-10-16/h8,11H,3-7,9-10,12H2,1-2H3,(H,18,20)/b11-8+. The average molecular weight is 313 g/mol. The van der Waals surface area contributed by atoms with Gasteiger partial charge in [-0.15, -0.1) is 0 Å².